The summed E-state index contributed by atoms with van der Waals surface area (Å²) in [6, 6.07) is 11.1. The fourth-order valence-electron chi connectivity index (χ4n) is 3.40. The molecule has 0 radical (unpaired) electrons. The van der Waals surface area contributed by atoms with E-state index in [1.165, 1.54) is 22.5 Å². The molecular weight excluding hydrogens is 254 g/mol. The van der Waals surface area contributed by atoms with Gasteiger partial charge in [0.25, 0.3) is 0 Å². The first kappa shape index (κ1) is 12.5. The zero-order valence-corrected chi connectivity index (χ0v) is 12.2. The summed E-state index contributed by atoms with van der Waals surface area (Å²) in [5, 5.41) is 0. The van der Waals surface area contributed by atoms with E-state index in [9.17, 15) is 0 Å². The van der Waals surface area contributed by atoms with Crippen LogP contribution < -0.4 is 4.90 Å². The Balaban J connectivity index is 1.89. The maximum absolute atomic E-state index is 2.49. The minimum absolute atomic E-state index is 0.315. The van der Waals surface area contributed by atoms with Crippen LogP contribution in [0.5, 0.6) is 0 Å². The Kier molecular flexibility index (Phi) is 2.92. The highest BCUT2D eigenvalue weighted by Gasteiger charge is 2.29. The highest BCUT2D eigenvalue weighted by Crippen LogP contribution is 2.39. The predicted molar refractivity (Wildman–Crippen MR) is 89.0 cm³/mol. The first-order valence-electron chi connectivity index (χ1n) is 7.65. The Hall–Kier alpha value is -2.28. The molecule has 0 N–H and O–H groups in total. The number of rotatable bonds is 1. The number of allylic oxidation sites excluding steroid dienone is 8. The van der Waals surface area contributed by atoms with Crippen molar-refractivity contribution >= 4 is 5.69 Å². The van der Waals surface area contributed by atoms with Gasteiger partial charge in [0.2, 0.25) is 0 Å². The molecule has 21 heavy (non-hydrogen) atoms. The molecule has 4 rings (SSSR count). The Morgan fingerprint density at radius 3 is 2.71 bits per heavy atom. The summed E-state index contributed by atoms with van der Waals surface area (Å²) in [5.41, 5.74) is 5.47. The van der Waals surface area contributed by atoms with Gasteiger partial charge in [-0.05, 0) is 36.1 Å². The number of anilines is 1. The average molecular weight is 273 g/mol. The van der Waals surface area contributed by atoms with Crippen LogP contribution in [0.15, 0.2) is 89.7 Å². The summed E-state index contributed by atoms with van der Waals surface area (Å²) in [7, 11) is 0. The molecule has 2 aliphatic carbocycles. The minimum atomic E-state index is 0.315. The van der Waals surface area contributed by atoms with Crippen LogP contribution >= 0.6 is 0 Å². The smallest absolute Gasteiger partial charge is 0.0715 e. The topological polar surface area (TPSA) is 3.24 Å². The van der Waals surface area contributed by atoms with Crippen LogP contribution in [0.3, 0.4) is 0 Å². The van der Waals surface area contributed by atoms with Crippen LogP contribution in [-0.4, -0.2) is 6.04 Å². The molecule has 0 amide bonds. The SMILES string of the molecule is CC1C=CC2=C(C1)N(c1ccccc1)C1C=CC=CC2=C1. The summed E-state index contributed by atoms with van der Waals surface area (Å²) < 4.78 is 0. The lowest BCUT2D eigenvalue weighted by Gasteiger charge is -2.39. The molecule has 1 aliphatic heterocycles. The first-order valence-corrected chi connectivity index (χ1v) is 7.65. The van der Waals surface area contributed by atoms with E-state index in [-0.39, 0.29) is 0 Å². The van der Waals surface area contributed by atoms with Gasteiger partial charge in [0.15, 0.2) is 0 Å². The van der Waals surface area contributed by atoms with Gasteiger partial charge in [0.05, 0.1) is 6.04 Å². The van der Waals surface area contributed by atoms with Gasteiger partial charge in [-0.1, -0.05) is 61.6 Å². The summed E-state index contributed by atoms with van der Waals surface area (Å²) >= 11 is 0. The van der Waals surface area contributed by atoms with E-state index >= 15 is 0 Å². The average Bonchev–Trinajstić information content (AvgIpc) is 2.72. The fraction of sp³-hybridized carbons (Fsp3) is 0.200. The lowest BCUT2D eigenvalue weighted by Crippen LogP contribution is -2.36. The molecule has 0 spiro atoms. The number of fused-ring (bicyclic) bond motifs is 2. The molecule has 3 aliphatic rings. The maximum atomic E-state index is 2.49. The highest BCUT2D eigenvalue weighted by molar-refractivity contribution is 5.67. The Bertz CT molecular complexity index is 701. The van der Waals surface area contributed by atoms with Gasteiger partial charge < -0.3 is 4.90 Å². The fourth-order valence-corrected chi connectivity index (χ4v) is 3.40. The molecular formula is C20H19N. The molecule has 1 heteroatoms. The number of nitrogens with zero attached hydrogens (tertiary/aromatic N) is 1. The van der Waals surface area contributed by atoms with Gasteiger partial charge >= 0.3 is 0 Å². The Labute approximate surface area is 126 Å². The van der Waals surface area contributed by atoms with Crippen molar-refractivity contribution in [2.45, 2.75) is 19.4 Å². The van der Waals surface area contributed by atoms with E-state index in [0.29, 0.717) is 12.0 Å². The van der Waals surface area contributed by atoms with E-state index in [1.54, 1.807) is 0 Å². The first-order chi connectivity index (χ1) is 10.3. The van der Waals surface area contributed by atoms with Crippen molar-refractivity contribution in [2.75, 3.05) is 4.90 Å². The molecule has 0 fully saturated rings. The van der Waals surface area contributed by atoms with E-state index in [2.05, 4.69) is 84.7 Å². The van der Waals surface area contributed by atoms with E-state index in [0.717, 1.165) is 6.42 Å². The van der Waals surface area contributed by atoms with Gasteiger partial charge in [-0.15, -0.1) is 0 Å². The largest absolute Gasteiger partial charge is 0.334 e. The Morgan fingerprint density at radius 2 is 1.86 bits per heavy atom. The maximum Gasteiger partial charge on any atom is 0.0715 e. The number of benzene rings is 1. The van der Waals surface area contributed by atoms with E-state index < -0.39 is 0 Å². The van der Waals surface area contributed by atoms with Crippen molar-refractivity contribution in [1.29, 1.82) is 0 Å². The second-order valence-corrected chi connectivity index (χ2v) is 5.96. The van der Waals surface area contributed by atoms with E-state index in [1.807, 2.05) is 0 Å². The van der Waals surface area contributed by atoms with Crippen LogP contribution in [0.2, 0.25) is 0 Å². The highest BCUT2D eigenvalue weighted by atomic mass is 15.2. The molecule has 1 nitrogen and oxygen atoms in total. The molecule has 2 atom stereocenters. The lowest BCUT2D eigenvalue weighted by molar-refractivity contribution is 0.659. The molecule has 2 bridgehead atoms. The standard InChI is InChI=1S/C20H19N/c1-15-11-12-19-16-7-5-6-10-18(14-16)21(20(19)13-15)17-8-3-2-4-9-17/h2-12,14-15,18H,13H2,1H3. The summed E-state index contributed by atoms with van der Waals surface area (Å²) in [5.74, 6) is 0.601. The summed E-state index contributed by atoms with van der Waals surface area (Å²) in [6.45, 7) is 2.29. The van der Waals surface area contributed by atoms with Crippen molar-refractivity contribution in [3.05, 3.63) is 89.7 Å². The number of para-hydroxylation sites is 1. The molecule has 0 saturated carbocycles. The predicted octanol–water partition coefficient (Wildman–Crippen LogP) is 4.78. The summed E-state index contributed by atoms with van der Waals surface area (Å²) in [6.07, 6.45) is 16.9. The van der Waals surface area contributed by atoms with Gasteiger partial charge in [-0.2, -0.15) is 0 Å². The van der Waals surface area contributed by atoms with Gasteiger partial charge in [0.1, 0.15) is 0 Å². The van der Waals surface area contributed by atoms with Crippen molar-refractivity contribution in [3.8, 4) is 0 Å². The molecule has 1 heterocycles. The molecule has 1 aromatic rings. The van der Waals surface area contributed by atoms with Crippen LogP contribution in [0.25, 0.3) is 0 Å². The molecule has 0 aromatic heterocycles. The van der Waals surface area contributed by atoms with Gasteiger partial charge in [0, 0.05) is 17.0 Å². The zero-order chi connectivity index (χ0) is 14.2. The molecule has 2 unspecified atom stereocenters. The van der Waals surface area contributed by atoms with E-state index in [4.69, 9.17) is 0 Å². The normalized spacial score (nSPS) is 26.5. The third-order valence-corrected chi connectivity index (χ3v) is 4.40. The number of hydrogen-bond donors (Lipinski definition) is 0. The Morgan fingerprint density at radius 1 is 1.00 bits per heavy atom. The quantitative estimate of drug-likeness (QED) is 0.712. The molecule has 1 aromatic carbocycles. The van der Waals surface area contributed by atoms with Crippen LogP contribution in [0.4, 0.5) is 5.69 Å². The third-order valence-electron chi connectivity index (χ3n) is 4.40. The monoisotopic (exact) mass is 273 g/mol. The lowest BCUT2D eigenvalue weighted by atomic mass is 9.86. The minimum Gasteiger partial charge on any atom is -0.334 e. The van der Waals surface area contributed by atoms with Crippen LogP contribution in [0.1, 0.15) is 13.3 Å². The molecule has 0 saturated heterocycles. The second kappa shape index (κ2) is 4.92. The number of hydrogen-bond acceptors (Lipinski definition) is 1. The molecule has 104 valence electrons. The van der Waals surface area contributed by atoms with Crippen molar-refractivity contribution in [1.82, 2.24) is 0 Å². The summed E-state index contributed by atoms with van der Waals surface area (Å²) in [4.78, 5) is 2.49. The van der Waals surface area contributed by atoms with Gasteiger partial charge in [-0.3, -0.25) is 0 Å². The van der Waals surface area contributed by atoms with Crippen LogP contribution in [0, 0.1) is 5.92 Å². The van der Waals surface area contributed by atoms with Crippen LogP contribution in [-0.2, 0) is 0 Å². The van der Waals surface area contributed by atoms with Crippen molar-refractivity contribution < 1.29 is 0 Å². The third kappa shape index (κ3) is 2.09. The second-order valence-electron chi connectivity index (χ2n) is 5.96. The van der Waals surface area contributed by atoms with Gasteiger partial charge in [-0.25, -0.2) is 0 Å². The zero-order valence-electron chi connectivity index (χ0n) is 12.2. The van der Waals surface area contributed by atoms with Crippen molar-refractivity contribution in [3.63, 3.8) is 0 Å². The van der Waals surface area contributed by atoms with Crippen molar-refractivity contribution in [2.24, 2.45) is 5.92 Å².